The van der Waals surface area contributed by atoms with Crippen LogP contribution in [0.25, 0.3) is 28.3 Å². The highest BCUT2D eigenvalue weighted by atomic mass is 16.1. The second-order valence-corrected chi connectivity index (χ2v) is 8.92. The molecule has 0 spiro atoms. The van der Waals surface area contributed by atoms with Crippen LogP contribution in [0.1, 0.15) is 43.5 Å². The van der Waals surface area contributed by atoms with E-state index in [1.807, 2.05) is 65.1 Å². The molecule has 1 N–H and O–H groups in total. The van der Waals surface area contributed by atoms with Gasteiger partial charge in [0.1, 0.15) is 5.82 Å². The Morgan fingerprint density at radius 2 is 1.83 bits per heavy atom. The summed E-state index contributed by atoms with van der Waals surface area (Å²) in [6.07, 6.45) is 11.4. The zero-order chi connectivity index (χ0) is 25.1. The largest absolute Gasteiger partial charge is 0.337 e. The van der Waals surface area contributed by atoms with Crippen LogP contribution in [0.3, 0.4) is 0 Å². The van der Waals surface area contributed by atoms with Crippen molar-refractivity contribution < 1.29 is 0 Å². The van der Waals surface area contributed by atoms with Gasteiger partial charge in [0.25, 0.3) is 0 Å². The van der Waals surface area contributed by atoms with Crippen molar-refractivity contribution in [1.82, 2.24) is 39.3 Å². The molecule has 9 nitrogen and oxygen atoms in total. The summed E-state index contributed by atoms with van der Waals surface area (Å²) in [7, 11) is 1.98. The second kappa shape index (κ2) is 10.2. The molecule has 0 saturated heterocycles. The monoisotopic (exact) mass is 482 g/mol. The summed E-state index contributed by atoms with van der Waals surface area (Å²) in [6.45, 7) is 4.70. The first-order valence-corrected chi connectivity index (χ1v) is 12.3. The van der Waals surface area contributed by atoms with Gasteiger partial charge < -0.3 is 4.57 Å². The minimum absolute atomic E-state index is 0.0416. The first-order valence-electron chi connectivity index (χ1n) is 12.3. The minimum Gasteiger partial charge on any atom is -0.337 e. The number of hydrogen-bond donors (Lipinski definition) is 1. The third-order valence-electron chi connectivity index (χ3n) is 6.63. The zero-order valence-electron chi connectivity index (χ0n) is 20.8. The first-order chi connectivity index (χ1) is 17.6. The van der Waals surface area contributed by atoms with Gasteiger partial charge in [0.05, 0.1) is 6.54 Å². The summed E-state index contributed by atoms with van der Waals surface area (Å²) in [5, 5.41) is 14.5. The van der Waals surface area contributed by atoms with Gasteiger partial charge in [-0.15, -0.1) is 5.10 Å². The number of nitrogens with one attached hydrogen (secondary N) is 1. The molecule has 0 fully saturated rings. The summed E-state index contributed by atoms with van der Waals surface area (Å²) in [6, 6.07) is 12.0. The lowest BCUT2D eigenvalue weighted by molar-refractivity contribution is 0.669. The van der Waals surface area contributed by atoms with Gasteiger partial charge in [0, 0.05) is 43.1 Å². The Morgan fingerprint density at radius 3 is 2.58 bits per heavy atom. The molecule has 0 unspecified atom stereocenters. The molecule has 0 aliphatic rings. The summed E-state index contributed by atoms with van der Waals surface area (Å²) < 4.78 is 5.71. The molecular weight excluding hydrogens is 452 g/mol. The van der Waals surface area contributed by atoms with Crippen LogP contribution in [0.15, 0.2) is 66.0 Å². The maximum Gasteiger partial charge on any atom is 0.334 e. The fourth-order valence-corrected chi connectivity index (χ4v) is 4.76. The van der Waals surface area contributed by atoms with Crippen molar-refractivity contribution in [3.8, 4) is 28.3 Å². The highest BCUT2D eigenvalue weighted by Gasteiger charge is 2.19. The first kappa shape index (κ1) is 23.5. The van der Waals surface area contributed by atoms with Crippen molar-refractivity contribution in [3.05, 3.63) is 88.5 Å². The predicted octanol–water partition coefficient (Wildman–Crippen LogP) is 4.17. The number of hydrogen-bond acceptors (Lipinski definition) is 5. The standard InChI is InChI=1S/C27H30N8O/c1-4-6-9-21-18-35(26-19(5-2)13-15-33(26)3)27(36)34(21)17-20-16-28-14-12-22(20)23-10-7-8-11-24(23)25-29-31-32-30-25/h7-8,10-16,18H,4-6,9,17H2,1-3H3,(H,29,30,31,32). The summed E-state index contributed by atoms with van der Waals surface area (Å²) in [5.74, 6) is 1.52. The van der Waals surface area contributed by atoms with Crippen molar-refractivity contribution in [2.45, 2.75) is 46.1 Å². The molecule has 0 atom stereocenters. The fourth-order valence-electron chi connectivity index (χ4n) is 4.76. The Bertz CT molecular complexity index is 1520. The Hall–Kier alpha value is -4.27. The van der Waals surface area contributed by atoms with Crippen LogP contribution >= 0.6 is 0 Å². The number of aryl methyl sites for hydroxylation is 3. The number of benzene rings is 1. The average molecular weight is 483 g/mol. The van der Waals surface area contributed by atoms with E-state index in [0.717, 1.165) is 65.0 Å². The van der Waals surface area contributed by atoms with Crippen molar-refractivity contribution in [2.75, 3.05) is 0 Å². The van der Waals surface area contributed by atoms with Gasteiger partial charge in [0.2, 0.25) is 0 Å². The van der Waals surface area contributed by atoms with Gasteiger partial charge in [-0.1, -0.05) is 44.5 Å². The molecule has 9 heteroatoms. The number of nitrogens with zero attached hydrogens (tertiary/aromatic N) is 7. The van der Waals surface area contributed by atoms with Crippen LogP contribution in [0.5, 0.6) is 0 Å². The van der Waals surface area contributed by atoms with E-state index in [2.05, 4.69) is 45.5 Å². The van der Waals surface area contributed by atoms with Gasteiger partial charge in [0.15, 0.2) is 5.82 Å². The SMILES string of the molecule is CCCCc1cn(-c2c(CC)ccn2C)c(=O)n1Cc1cnccc1-c1ccccc1-c1nnn[nH]1. The number of aromatic nitrogens is 8. The molecule has 0 amide bonds. The molecule has 0 saturated carbocycles. The van der Waals surface area contributed by atoms with Crippen LogP contribution < -0.4 is 5.69 Å². The van der Waals surface area contributed by atoms with Gasteiger partial charge in [-0.05, 0) is 64.1 Å². The Labute approximate surface area is 209 Å². The van der Waals surface area contributed by atoms with Crippen LogP contribution in [0.2, 0.25) is 0 Å². The number of tetrazole rings is 1. The highest BCUT2D eigenvalue weighted by molar-refractivity contribution is 5.81. The van der Waals surface area contributed by atoms with Crippen LogP contribution in [0.4, 0.5) is 0 Å². The molecule has 0 aliphatic carbocycles. The van der Waals surface area contributed by atoms with Crippen LogP contribution in [0, 0.1) is 0 Å². The van der Waals surface area contributed by atoms with Crippen molar-refractivity contribution >= 4 is 0 Å². The van der Waals surface area contributed by atoms with E-state index < -0.39 is 0 Å². The molecule has 184 valence electrons. The second-order valence-electron chi connectivity index (χ2n) is 8.92. The molecule has 5 aromatic rings. The summed E-state index contributed by atoms with van der Waals surface area (Å²) in [5.41, 5.74) is 5.95. The quantitative estimate of drug-likeness (QED) is 0.340. The maximum absolute atomic E-state index is 13.8. The van der Waals surface area contributed by atoms with E-state index in [1.165, 1.54) is 0 Å². The minimum atomic E-state index is -0.0416. The lowest BCUT2D eigenvalue weighted by Gasteiger charge is -2.14. The number of unbranched alkanes of at least 4 members (excludes halogenated alkanes) is 1. The third-order valence-corrected chi connectivity index (χ3v) is 6.63. The summed E-state index contributed by atoms with van der Waals surface area (Å²) in [4.78, 5) is 18.2. The topological polar surface area (TPSA) is 99.2 Å². The van der Waals surface area contributed by atoms with E-state index in [1.54, 1.807) is 10.8 Å². The van der Waals surface area contributed by atoms with Crippen LogP contribution in [-0.4, -0.2) is 39.3 Å². The van der Waals surface area contributed by atoms with Crippen molar-refractivity contribution in [2.24, 2.45) is 7.05 Å². The summed E-state index contributed by atoms with van der Waals surface area (Å²) >= 11 is 0. The molecule has 4 aromatic heterocycles. The number of imidazole rings is 1. The Kier molecular flexibility index (Phi) is 6.62. The maximum atomic E-state index is 13.8. The van der Waals surface area contributed by atoms with Gasteiger partial charge >= 0.3 is 5.69 Å². The van der Waals surface area contributed by atoms with Gasteiger partial charge in [-0.25, -0.2) is 9.89 Å². The molecule has 0 aliphatic heterocycles. The number of pyridine rings is 1. The van der Waals surface area contributed by atoms with Gasteiger partial charge in [-0.2, -0.15) is 0 Å². The predicted molar refractivity (Wildman–Crippen MR) is 139 cm³/mol. The normalized spacial score (nSPS) is 11.3. The zero-order valence-corrected chi connectivity index (χ0v) is 20.8. The average Bonchev–Trinajstić information content (AvgIpc) is 3.64. The number of rotatable bonds is 9. The number of aromatic amines is 1. The lowest BCUT2D eigenvalue weighted by Crippen LogP contribution is -2.26. The molecule has 36 heavy (non-hydrogen) atoms. The molecule has 0 radical (unpaired) electrons. The molecule has 0 bridgehead atoms. The molecular formula is C27H30N8O. The third kappa shape index (κ3) is 4.28. The van der Waals surface area contributed by atoms with Crippen molar-refractivity contribution in [1.29, 1.82) is 0 Å². The van der Waals surface area contributed by atoms with Crippen molar-refractivity contribution in [3.63, 3.8) is 0 Å². The molecule has 5 rings (SSSR count). The number of H-pyrrole nitrogens is 1. The van der Waals surface area contributed by atoms with E-state index in [0.29, 0.717) is 12.4 Å². The van der Waals surface area contributed by atoms with E-state index in [4.69, 9.17) is 0 Å². The van der Waals surface area contributed by atoms with Crippen LogP contribution in [-0.2, 0) is 26.4 Å². The smallest absolute Gasteiger partial charge is 0.334 e. The van der Waals surface area contributed by atoms with Gasteiger partial charge in [-0.3, -0.25) is 14.1 Å². The Morgan fingerprint density at radius 1 is 1.00 bits per heavy atom. The highest BCUT2D eigenvalue weighted by Crippen LogP contribution is 2.32. The Balaban J connectivity index is 1.62. The molecule has 1 aromatic carbocycles. The van der Waals surface area contributed by atoms with E-state index in [9.17, 15) is 4.79 Å². The van der Waals surface area contributed by atoms with E-state index in [-0.39, 0.29) is 5.69 Å². The van der Waals surface area contributed by atoms with E-state index >= 15 is 0 Å². The lowest BCUT2D eigenvalue weighted by atomic mass is 9.96. The molecule has 4 heterocycles. The fraction of sp³-hybridized carbons (Fsp3) is 0.296.